The second-order valence-electron chi connectivity index (χ2n) is 5.88. The molecule has 1 aromatic heterocycles. The van der Waals surface area contributed by atoms with Crippen molar-refractivity contribution in [3.8, 4) is 0 Å². The van der Waals surface area contributed by atoms with Crippen LogP contribution in [-0.2, 0) is 11.2 Å². The van der Waals surface area contributed by atoms with Crippen molar-refractivity contribution in [1.82, 2.24) is 15.0 Å². The second kappa shape index (κ2) is 7.19. The van der Waals surface area contributed by atoms with Crippen LogP contribution < -0.4 is 0 Å². The van der Waals surface area contributed by atoms with Crippen LogP contribution >= 0.6 is 0 Å². The van der Waals surface area contributed by atoms with Gasteiger partial charge in [0.1, 0.15) is 5.82 Å². The van der Waals surface area contributed by atoms with Crippen LogP contribution in [0, 0.1) is 5.82 Å². The molecule has 0 N–H and O–H groups in total. The van der Waals surface area contributed by atoms with E-state index in [-0.39, 0.29) is 18.0 Å². The molecule has 1 saturated heterocycles. The number of hydrogen-bond donors (Lipinski definition) is 0. The van der Waals surface area contributed by atoms with E-state index in [1.165, 1.54) is 12.1 Å². The third kappa shape index (κ3) is 3.76. The maximum Gasteiger partial charge on any atom is 0.243 e. The highest BCUT2D eigenvalue weighted by atomic mass is 19.1. The minimum atomic E-state index is -0.232. The van der Waals surface area contributed by atoms with Gasteiger partial charge < -0.3 is 9.26 Å². The lowest BCUT2D eigenvalue weighted by molar-refractivity contribution is -0.0469. The Labute approximate surface area is 135 Å². The lowest BCUT2D eigenvalue weighted by atomic mass is 10.1. The topological polar surface area (TPSA) is 51.4 Å². The lowest BCUT2D eigenvalue weighted by Crippen LogP contribution is -2.40. The van der Waals surface area contributed by atoms with Gasteiger partial charge in [-0.1, -0.05) is 24.2 Å². The molecule has 0 radical (unpaired) electrons. The maximum atomic E-state index is 13.1. The first-order valence-electron chi connectivity index (χ1n) is 8.11. The molecule has 3 rings (SSSR count). The summed E-state index contributed by atoms with van der Waals surface area (Å²) in [4.78, 5) is 6.74. The quantitative estimate of drug-likeness (QED) is 0.846. The molecule has 0 amide bonds. The van der Waals surface area contributed by atoms with Gasteiger partial charge in [-0.15, -0.1) is 0 Å². The highest BCUT2D eigenvalue weighted by Crippen LogP contribution is 2.28. The largest absolute Gasteiger partial charge is 0.371 e. The summed E-state index contributed by atoms with van der Waals surface area (Å²) in [5.74, 6) is 1.18. The van der Waals surface area contributed by atoms with Crippen molar-refractivity contribution >= 4 is 0 Å². The van der Waals surface area contributed by atoms with E-state index in [1.807, 2.05) is 0 Å². The van der Waals surface area contributed by atoms with E-state index in [4.69, 9.17) is 9.26 Å². The van der Waals surface area contributed by atoms with E-state index in [0.717, 1.165) is 37.3 Å². The molecule has 2 atom stereocenters. The Balaban J connectivity index is 1.68. The Hall–Kier alpha value is -1.79. The van der Waals surface area contributed by atoms with Gasteiger partial charge in [-0.05, 0) is 31.0 Å². The minimum absolute atomic E-state index is 0.0416. The molecule has 1 aliphatic rings. The van der Waals surface area contributed by atoms with E-state index in [1.54, 1.807) is 12.1 Å². The van der Waals surface area contributed by atoms with Crippen LogP contribution in [0.2, 0.25) is 0 Å². The molecule has 2 aromatic rings. The van der Waals surface area contributed by atoms with Crippen LogP contribution in [0.3, 0.4) is 0 Å². The molecule has 0 bridgehead atoms. The zero-order valence-corrected chi connectivity index (χ0v) is 13.5. The van der Waals surface area contributed by atoms with Gasteiger partial charge in [0, 0.05) is 19.5 Å². The molecule has 1 fully saturated rings. The molecule has 0 spiro atoms. The Kier molecular flexibility index (Phi) is 5.03. The first-order chi connectivity index (χ1) is 11.2. The van der Waals surface area contributed by atoms with Gasteiger partial charge in [0.25, 0.3) is 0 Å². The van der Waals surface area contributed by atoms with Crippen LogP contribution in [0.4, 0.5) is 4.39 Å². The number of ether oxygens (including phenoxy) is 1. The third-order valence-corrected chi connectivity index (χ3v) is 4.20. The number of aromatic nitrogens is 2. The Morgan fingerprint density at radius 3 is 2.87 bits per heavy atom. The molecule has 1 aliphatic heterocycles. The van der Waals surface area contributed by atoms with Crippen LogP contribution in [0.15, 0.2) is 28.8 Å². The first-order valence-corrected chi connectivity index (χ1v) is 8.11. The first kappa shape index (κ1) is 16.1. The van der Waals surface area contributed by atoms with E-state index in [0.29, 0.717) is 12.5 Å². The predicted octanol–water partition coefficient (Wildman–Crippen LogP) is 3.30. The number of rotatable bonds is 5. The second-order valence-corrected chi connectivity index (χ2v) is 5.88. The van der Waals surface area contributed by atoms with Crippen molar-refractivity contribution in [3.63, 3.8) is 0 Å². The standard InChI is InChI=1S/C17H22FN3O2/c1-3-4-16-19-17(23-20-16)12(2)21-9-10-22-15(11-21)13-5-7-14(18)8-6-13/h5-8,12,15H,3-4,9-11H2,1-2H3/t12-,15+/m0/s1. The SMILES string of the molecule is CCCc1noc([C@H](C)N2CCO[C@@H](c3ccc(F)cc3)C2)n1. The molecule has 124 valence electrons. The zero-order chi connectivity index (χ0) is 16.2. The number of hydrogen-bond acceptors (Lipinski definition) is 5. The average Bonchev–Trinajstić information content (AvgIpc) is 3.04. The molecule has 5 nitrogen and oxygen atoms in total. The maximum absolute atomic E-state index is 13.1. The fraction of sp³-hybridized carbons (Fsp3) is 0.529. The van der Waals surface area contributed by atoms with Crippen molar-refractivity contribution in [2.45, 2.75) is 38.8 Å². The summed E-state index contributed by atoms with van der Waals surface area (Å²) in [5, 5.41) is 4.02. The van der Waals surface area contributed by atoms with Crippen molar-refractivity contribution in [1.29, 1.82) is 0 Å². The molecule has 1 aromatic carbocycles. The normalized spacial score (nSPS) is 20.6. The number of aryl methyl sites for hydroxylation is 1. The van der Waals surface area contributed by atoms with Crippen LogP contribution in [0.1, 0.15) is 49.7 Å². The summed E-state index contributed by atoms with van der Waals surface area (Å²) in [6, 6.07) is 6.53. The Morgan fingerprint density at radius 2 is 2.13 bits per heavy atom. The van der Waals surface area contributed by atoms with Gasteiger partial charge in [0.2, 0.25) is 5.89 Å². The molecular formula is C17H22FN3O2. The van der Waals surface area contributed by atoms with E-state index < -0.39 is 0 Å². The number of benzene rings is 1. The summed E-state index contributed by atoms with van der Waals surface area (Å²) >= 11 is 0. The fourth-order valence-corrected chi connectivity index (χ4v) is 2.82. The molecule has 0 unspecified atom stereocenters. The fourth-order valence-electron chi connectivity index (χ4n) is 2.82. The average molecular weight is 319 g/mol. The molecule has 0 saturated carbocycles. The molecule has 2 heterocycles. The molecule has 23 heavy (non-hydrogen) atoms. The van der Waals surface area contributed by atoms with E-state index in [9.17, 15) is 4.39 Å². The minimum Gasteiger partial charge on any atom is -0.371 e. The summed E-state index contributed by atoms with van der Waals surface area (Å²) in [6.45, 7) is 6.32. The lowest BCUT2D eigenvalue weighted by Gasteiger charge is -2.35. The predicted molar refractivity (Wildman–Crippen MR) is 83.4 cm³/mol. The van der Waals surface area contributed by atoms with E-state index in [2.05, 4.69) is 28.9 Å². The van der Waals surface area contributed by atoms with Gasteiger partial charge in [-0.25, -0.2) is 4.39 Å². The number of halogens is 1. The van der Waals surface area contributed by atoms with E-state index >= 15 is 0 Å². The Morgan fingerprint density at radius 1 is 1.35 bits per heavy atom. The van der Waals surface area contributed by atoms with Gasteiger partial charge >= 0.3 is 0 Å². The van der Waals surface area contributed by atoms with Crippen molar-refractivity contribution in [3.05, 3.63) is 47.4 Å². The summed E-state index contributed by atoms with van der Waals surface area (Å²) in [6.07, 6.45) is 1.76. The highest BCUT2D eigenvalue weighted by molar-refractivity contribution is 5.19. The van der Waals surface area contributed by atoms with Gasteiger partial charge in [-0.3, -0.25) is 4.90 Å². The Bertz CT molecular complexity index is 629. The summed E-state index contributed by atoms with van der Waals surface area (Å²) in [7, 11) is 0. The van der Waals surface area contributed by atoms with Gasteiger partial charge in [0.05, 0.1) is 18.8 Å². The molecule has 0 aliphatic carbocycles. The van der Waals surface area contributed by atoms with Gasteiger partial charge in [0.15, 0.2) is 5.82 Å². The van der Waals surface area contributed by atoms with Crippen LogP contribution in [-0.4, -0.2) is 34.7 Å². The van der Waals surface area contributed by atoms with Crippen LogP contribution in [0.25, 0.3) is 0 Å². The third-order valence-electron chi connectivity index (χ3n) is 4.20. The van der Waals surface area contributed by atoms with Crippen LogP contribution in [0.5, 0.6) is 0 Å². The van der Waals surface area contributed by atoms with Crippen molar-refractivity contribution < 1.29 is 13.7 Å². The molecular weight excluding hydrogens is 297 g/mol. The summed E-state index contributed by atoms with van der Waals surface area (Å²) < 4.78 is 24.3. The highest BCUT2D eigenvalue weighted by Gasteiger charge is 2.28. The zero-order valence-electron chi connectivity index (χ0n) is 13.5. The van der Waals surface area contributed by atoms with Gasteiger partial charge in [-0.2, -0.15) is 4.98 Å². The number of morpholine rings is 1. The summed E-state index contributed by atoms with van der Waals surface area (Å²) in [5.41, 5.74) is 0.987. The smallest absolute Gasteiger partial charge is 0.243 e. The van der Waals surface area contributed by atoms with Crippen molar-refractivity contribution in [2.24, 2.45) is 0 Å². The number of nitrogens with zero attached hydrogens (tertiary/aromatic N) is 3. The monoisotopic (exact) mass is 319 g/mol. The van der Waals surface area contributed by atoms with Crippen molar-refractivity contribution in [2.75, 3.05) is 19.7 Å². The molecule has 6 heteroatoms.